The van der Waals surface area contributed by atoms with Gasteiger partial charge in [-0.05, 0) is 35.2 Å². The van der Waals surface area contributed by atoms with Crippen molar-refractivity contribution < 1.29 is 4.74 Å². The standard InChI is InChI=1S/C16H16ClN3O/c1-11(13-8-19-20(2)9-13)10-21-14-3-4-15-12(7-14)5-6-18-16(15)17/h3-9,11H,10H2,1-2H3. The topological polar surface area (TPSA) is 39.9 Å². The highest BCUT2D eigenvalue weighted by molar-refractivity contribution is 6.34. The minimum absolute atomic E-state index is 0.287. The Morgan fingerprint density at radius 3 is 2.95 bits per heavy atom. The molecule has 0 spiro atoms. The van der Waals surface area contributed by atoms with Crippen LogP contribution in [0.2, 0.25) is 5.15 Å². The summed E-state index contributed by atoms with van der Waals surface area (Å²) in [6.07, 6.45) is 5.59. The molecule has 3 rings (SSSR count). The second-order valence-electron chi connectivity index (χ2n) is 5.14. The van der Waals surface area contributed by atoms with Crippen molar-refractivity contribution in [1.29, 1.82) is 0 Å². The van der Waals surface area contributed by atoms with E-state index in [1.807, 2.05) is 43.7 Å². The fourth-order valence-corrected chi connectivity index (χ4v) is 2.45. The maximum absolute atomic E-state index is 6.06. The van der Waals surface area contributed by atoms with Gasteiger partial charge in [0.1, 0.15) is 10.9 Å². The van der Waals surface area contributed by atoms with Gasteiger partial charge in [0, 0.05) is 30.7 Å². The minimum Gasteiger partial charge on any atom is -0.493 e. The average molecular weight is 302 g/mol. The Morgan fingerprint density at radius 1 is 1.33 bits per heavy atom. The molecule has 0 aliphatic carbocycles. The van der Waals surface area contributed by atoms with Crippen molar-refractivity contribution in [3.63, 3.8) is 0 Å². The van der Waals surface area contributed by atoms with E-state index >= 15 is 0 Å². The van der Waals surface area contributed by atoms with Gasteiger partial charge < -0.3 is 4.74 Å². The second kappa shape index (κ2) is 5.74. The van der Waals surface area contributed by atoms with E-state index in [0.29, 0.717) is 11.8 Å². The van der Waals surface area contributed by atoms with E-state index in [0.717, 1.165) is 16.5 Å². The molecule has 5 heteroatoms. The largest absolute Gasteiger partial charge is 0.493 e. The van der Waals surface area contributed by atoms with E-state index in [9.17, 15) is 0 Å². The molecule has 0 N–H and O–H groups in total. The molecular formula is C16H16ClN3O. The summed E-state index contributed by atoms with van der Waals surface area (Å²) in [5.41, 5.74) is 1.17. The minimum atomic E-state index is 0.287. The van der Waals surface area contributed by atoms with Crippen molar-refractivity contribution >= 4 is 22.4 Å². The molecule has 0 fully saturated rings. The van der Waals surface area contributed by atoms with Crippen molar-refractivity contribution in [1.82, 2.24) is 14.8 Å². The maximum Gasteiger partial charge on any atom is 0.136 e. The lowest BCUT2D eigenvalue weighted by atomic mass is 10.1. The van der Waals surface area contributed by atoms with Crippen LogP contribution in [-0.4, -0.2) is 21.4 Å². The number of aromatic nitrogens is 3. The molecule has 0 aliphatic rings. The lowest BCUT2D eigenvalue weighted by Gasteiger charge is -2.12. The van der Waals surface area contributed by atoms with Gasteiger partial charge in [0.25, 0.3) is 0 Å². The summed E-state index contributed by atoms with van der Waals surface area (Å²) in [6.45, 7) is 2.73. The van der Waals surface area contributed by atoms with Gasteiger partial charge in [0.05, 0.1) is 12.8 Å². The van der Waals surface area contributed by atoms with Crippen LogP contribution in [0, 0.1) is 0 Å². The summed E-state index contributed by atoms with van der Waals surface area (Å²) in [5.74, 6) is 1.12. The second-order valence-corrected chi connectivity index (χ2v) is 5.50. The number of hydrogen-bond acceptors (Lipinski definition) is 3. The number of pyridine rings is 1. The predicted molar refractivity (Wildman–Crippen MR) is 83.9 cm³/mol. The summed E-state index contributed by atoms with van der Waals surface area (Å²) in [5, 5.41) is 6.67. The number of benzene rings is 1. The highest BCUT2D eigenvalue weighted by atomic mass is 35.5. The van der Waals surface area contributed by atoms with Crippen LogP contribution in [0.25, 0.3) is 10.8 Å². The Balaban J connectivity index is 1.73. The lowest BCUT2D eigenvalue weighted by Crippen LogP contribution is -2.06. The molecule has 0 aliphatic heterocycles. The molecule has 1 atom stereocenters. The summed E-state index contributed by atoms with van der Waals surface area (Å²) in [6, 6.07) is 7.78. The van der Waals surface area contributed by atoms with Gasteiger partial charge in [-0.1, -0.05) is 18.5 Å². The zero-order valence-corrected chi connectivity index (χ0v) is 12.7. The Bertz CT molecular complexity index is 769. The van der Waals surface area contributed by atoms with Crippen molar-refractivity contribution in [3.05, 3.63) is 53.6 Å². The van der Waals surface area contributed by atoms with Crippen molar-refractivity contribution in [2.75, 3.05) is 6.61 Å². The first-order valence-electron chi connectivity index (χ1n) is 6.79. The van der Waals surface area contributed by atoms with Crippen LogP contribution in [0.15, 0.2) is 42.9 Å². The lowest BCUT2D eigenvalue weighted by molar-refractivity contribution is 0.296. The van der Waals surface area contributed by atoms with Crippen molar-refractivity contribution in [2.45, 2.75) is 12.8 Å². The SMILES string of the molecule is CC(COc1ccc2c(Cl)nccc2c1)c1cnn(C)c1. The molecule has 4 nitrogen and oxygen atoms in total. The van der Waals surface area contributed by atoms with E-state index in [4.69, 9.17) is 16.3 Å². The molecule has 2 heterocycles. The first kappa shape index (κ1) is 13.9. The van der Waals surface area contributed by atoms with Gasteiger partial charge >= 0.3 is 0 Å². The molecule has 0 amide bonds. The molecule has 0 radical (unpaired) electrons. The monoisotopic (exact) mass is 301 g/mol. The van der Waals surface area contributed by atoms with Crippen LogP contribution in [0.4, 0.5) is 0 Å². The van der Waals surface area contributed by atoms with Crippen LogP contribution in [0.3, 0.4) is 0 Å². The Kier molecular flexibility index (Phi) is 3.80. The molecule has 0 saturated heterocycles. The number of hydrogen-bond donors (Lipinski definition) is 0. The molecular weight excluding hydrogens is 286 g/mol. The third-order valence-electron chi connectivity index (χ3n) is 3.48. The number of fused-ring (bicyclic) bond motifs is 1. The Hall–Kier alpha value is -2.07. The zero-order chi connectivity index (χ0) is 14.8. The van der Waals surface area contributed by atoms with E-state index < -0.39 is 0 Å². The van der Waals surface area contributed by atoms with Crippen LogP contribution < -0.4 is 4.74 Å². The van der Waals surface area contributed by atoms with Gasteiger partial charge in [-0.2, -0.15) is 5.10 Å². The highest BCUT2D eigenvalue weighted by Crippen LogP contribution is 2.26. The molecule has 1 unspecified atom stereocenters. The van der Waals surface area contributed by atoms with Gasteiger partial charge in [0.2, 0.25) is 0 Å². The Labute approximate surface area is 128 Å². The molecule has 21 heavy (non-hydrogen) atoms. The summed E-state index contributed by atoms with van der Waals surface area (Å²) < 4.78 is 7.68. The normalized spacial score (nSPS) is 12.5. The summed E-state index contributed by atoms with van der Waals surface area (Å²) in [7, 11) is 1.91. The van der Waals surface area contributed by atoms with Crippen molar-refractivity contribution in [3.8, 4) is 5.75 Å². The summed E-state index contributed by atoms with van der Waals surface area (Å²) in [4.78, 5) is 4.07. The van der Waals surface area contributed by atoms with Crippen LogP contribution in [0.1, 0.15) is 18.4 Å². The molecule has 3 aromatic rings. The first-order chi connectivity index (χ1) is 10.1. The van der Waals surface area contributed by atoms with E-state index in [2.05, 4.69) is 17.0 Å². The van der Waals surface area contributed by atoms with E-state index in [-0.39, 0.29) is 5.92 Å². The third-order valence-corrected chi connectivity index (χ3v) is 3.78. The molecule has 1 aromatic carbocycles. The number of halogens is 1. The van der Waals surface area contributed by atoms with Crippen LogP contribution >= 0.6 is 11.6 Å². The van der Waals surface area contributed by atoms with Crippen molar-refractivity contribution in [2.24, 2.45) is 7.05 Å². The third kappa shape index (κ3) is 3.00. The number of aryl methyl sites for hydroxylation is 1. The van der Waals surface area contributed by atoms with Crippen LogP contribution in [0.5, 0.6) is 5.75 Å². The van der Waals surface area contributed by atoms with Gasteiger partial charge in [-0.15, -0.1) is 0 Å². The van der Waals surface area contributed by atoms with Gasteiger partial charge in [-0.3, -0.25) is 4.68 Å². The van der Waals surface area contributed by atoms with Crippen LogP contribution in [-0.2, 0) is 7.05 Å². The zero-order valence-electron chi connectivity index (χ0n) is 12.0. The molecule has 0 bridgehead atoms. The predicted octanol–water partition coefficient (Wildman–Crippen LogP) is 3.80. The summed E-state index contributed by atoms with van der Waals surface area (Å²) >= 11 is 6.06. The fourth-order valence-electron chi connectivity index (χ4n) is 2.22. The Morgan fingerprint density at radius 2 is 2.19 bits per heavy atom. The van der Waals surface area contributed by atoms with E-state index in [1.165, 1.54) is 5.56 Å². The maximum atomic E-state index is 6.06. The molecule has 2 aromatic heterocycles. The smallest absolute Gasteiger partial charge is 0.136 e. The fraction of sp³-hybridized carbons (Fsp3) is 0.250. The van der Waals surface area contributed by atoms with Gasteiger partial charge in [-0.25, -0.2) is 4.98 Å². The quantitative estimate of drug-likeness (QED) is 0.688. The number of nitrogens with zero attached hydrogens (tertiary/aromatic N) is 3. The molecule has 0 saturated carbocycles. The first-order valence-corrected chi connectivity index (χ1v) is 7.17. The van der Waals surface area contributed by atoms with Gasteiger partial charge in [0.15, 0.2) is 0 Å². The highest BCUT2D eigenvalue weighted by Gasteiger charge is 2.09. The van der Waals surface area contributed by atoms with E-state index in [1.54, 1.807) is 10.9 Å². The number of rotatable bonds is 4. The number of ether oxygens (including phenoxy) is 1. The average Bonchev–Trinajstić information content (AvgIpc) is 2.91. The molecule has 108 valence electrons.